The fraction of sp³-hybridized carbons (Fsp3) is 0.462. The standard InChI is InChI=1S/C13H18N2O/c1-13(2,3)9-6-7-11-10(8-9)14-12(16-11)15(4)5/h6-8H,1-5H3. The maximum atomic E-state index is 5.61. The van der Waals surface area contributed by atoms with E-state index in [4.69, 9.17) is 4.42 Å². The summed E-state index contributed by atoms with van der Waals surface area (Å²) < 4.78 is 5.61. The molecule has 0 bridgehead atoms. The quantitative estimate of drug-likeness (QED) is 0.736. The number of benzene rings is 1. The highest BCUT2D eigenvalue weighted by atomic mass is 16.4. The van der Waals surface area contributed by atoms with E-state index < -0.39 is 0 Å². The number of rotatable bonds is 1. The second-order valence-corrected chi connectivity index (χ2v) is 5.32. The molecule has 0 amide bonds. The number of hydrogen-bond donors (Lipinski definition) is 0. The van der Waals surface area contributed by atoms with Gasteiger partial charge in [-0.25, -0.2) is 0 Å². The minimum Gasteiger partial charge on any atom is -0.423 e. The number of fused-ring (bicyclic) bond motifs is 1. The van der Waals surface area contributed by atoms with Gasteiger partial charge in [-0.3, -0.25) is 0 Å². The van der Waals surface area contributed by atoms with Crippen LogP contribution in [0.15, 0.2) is 22.6 Å². The molecule has 1 aromatic heterocycles. The van der Waals surface area contributed by atoms with Crippen LogP contribution in [0.25, 0.3) is 11.1 Å². The van der Waals surface area contributed by atoms with Crippen LogP contribution in [0.4, 0.5) is 6.01 Å². The van der Waals surface area contributed by atoms with Crippen LogP contribution in [0.2, 0.25) is 0 Å². The van der Waals surface area contributed by atoms with Crippen molar-refractivity contribution in [1.29, 1.82) is 0 Å². The summed E-state index contributed by atoms with van der Waals surface area (Å²) in [6.07, 6.45) is 0. The van der Waals surface area contributed by atoms with E-state index in [9.17, 15) is 0 Å². The second kappa shape index (κ2) is 3.51. The van der Waals surface area contributed by atoms with Gasteiger partial charge in [0.2, 0.25) is 0 Å². The molecule has 0 saturated heterocycles. The summed E-state index contributed by atoms with van der Waals surface area (Å²) in [6.45, 7) is 6.59. The summed E-state index contributed by atoms with van der Waals surface area (Å²) in [5.74, 6) is 0. The van der Waals surface area contributed by atoms with Crippen LogP contribution in [0, 0.1) is 0 Å². The molecule has 0 radical (unpaired) electrons. The van der Waals surface area contributed by atoms with Crippen molar-refractivity contribution in [2.45, 2.75) is 26.2 Å². The highest BCUT2D eigenvalue weighted by molar-refractivity contribution is 5.75. The van der Waals surface area contributed by atoms with Crippen molar-refractivity contribution in [3.8, 4) is 0 Å². The molecule has 0 spiro atoms. The van der Waals surface area contributed by atoms with Crippen molar-refractivity contribution >= 4 is 17.1 Å². The maximum absolute atomic E-state index is 5.61. The third-order valence-electron chi connectivity index (χ3n) is 2.62. The van der Waals surface area contributed by atoms with Gasteiger partial charge in [0.05, 0.1) is 0 Å². The molecular weight excluding hydrogens is 200 g/mol. The van der Waals surface area contributed by atoms with Crippen molar-refractivity contribution in [3.63, 3.8) is 0 Å². The number of nitrogens with zero attached hydrogens (tertiary/aromatic N) is 2. The van der Waals surface area contributed by atoms with E-state index in [1.807, 2.05) is 25.1 Å². The van der Waals surface area contributed by atoms with Gasteiger partial charge in [0.1, 0.15) is 5.52 Å². The van der Waals surface area contributed by atoms with Gasteiger partial charge in [-0.1, -0.05) is 26.8 Å². The van der Waals surface area contributed by atoms with Crippen LogP contribution in [-0.4, -0.2) is 19.1 Å². The molecule has 86 valence electrons. The van der Waals surface area contributed by atoms with E-state index >= 15 is 0 Å². The lowest BCUT2D eigenvalue weighted by Gasteiger charge is -2.18. The number of anilines is 1. The van der Waals surface area contributed by atoms with Gasteiger partial charge in [0, 0.05) is 14.1 Å². The molecule has 0 fully saturated rings. The highest BCUT2D eigenvalue weighted by Crippen LogP contribution is 2.27. The summed E-state index contributed by atoms with van der Waals surface area (Å²) in [7, 11) is 3.85. The molecule has 0 saturated carbocycles. The molecule has 0 aliphatic rings. The molecule has 1 heterocycles. The first kappa shape index (κ1) is 11.0. The van der Waals surface area contributed by atoms with Crippen LogP contribution in [0.5, 0.6) is 0 Å². The first-order valence-electron chi connectivity index (χ1n) is 5.46. The molecule has 0 unspecified atom stereocenters. The Kier molecular flexibility index (Phi) is 2.41. The number of aromatic nitrogens is 1. The highest BCUT2D eigenvalue weighted by Gasteiger charge is 2.16. The van der Waals surface area contributed by atoms with Gasteiger partial charge >= 0.3 is 0 Å². The van der Waals surface area contributed by atoms with Crippen LogP contribution in [0.3, 0.4) is 0 Å². The molecule has 0 aliphatic carbocycles. The van der Waals surface area contributed by atoms with Gasteiger partial charge in [-0.2, -0.15) is 4.98 Å². The summed E-state index contributed by atoms with van der Waals surface area (Å²) in [5.41, 5.74) is 3.19. The predicted octanol–water partition coefficient (Wildman–Crippen LogP) is 3.19. The fourth-order valence-corrected chi connectivity index (χ4v) is 1.57. The summed E-state index contributed by atoms with van der Waals surface area (Å²) >= 11 is 0. The summed E-state index contributed by atoms with van der Waals surface area (Å²) in [6, 6.07) is 6.86. The number of oxazole rings is 1. The minimum atomic E-state index is 0.144. The molecule has 1 aromatic carbocycles. The number of hydrogen-bond acceptors (Lipinski definition) is 3. The Bertz CT molecular complexity index is 506. The maximum Gasteiger partial charge on any atom is 0.297 e. The minimum absolute atomic E-state index is 0.144. The van der Waals surface area contributed by atoms with Crippen LogP contribution in [-0.2, 0) is 5.41 Å². The predicted molar refractivity (Wildman–Crippen MR) is 67.0 cm³/mol. The Balaban J connectivity index is 2.54. The zero-order valence-corrected chi connectivity index (χ0v) is 10.5. The van der Waals surface area contributed by atoms with Gasteiger partial charge < -0.3 is 9.32 Å². The van der Waals surface area contributed by atoms with E-state index in [1.165, 1.54) is 5.56 Å². The molecule has 2 rings (SSSR count). The smallest absolute Gasteiger partial charge is 0.297 e. The normalized spacial score (nSPS) is 12.1. The van der Waals surface area contributed by atoms with Crippen LogP contribution < -0.4 is 4.90 Å². The van der Waals surface area contributed by atoms with E-state index in [0.29, 0.717) is 6.01 Å². The van der Waals surface area contributed by atoms with E-state index in [-0.39, 0.29) is 5.41 Å². The lowest BCUT2D eigenvalue weighted by Crippen LogP contribution is -2.10. The average molecular weight is 218 g/mol. The van der Waals surface area contributed by atoms with Gasteiger partial charge in [-0.15, -0.1) is 0 Å². The van der Waals surface area contributed by atoms with Crippen molar-refractivity contribution in [1.82, 2.24) is 4.98 Å². The Morgan fingerprint density at radius 2 is 1.88 bits per heavy atom. The van der Waals surface area contributed by atoms with Crippen molar-refractivity contribution in [2.75, 3.05) is 19.0 Å². The molecular formula is C13H18N2O. The largest absolute Gasteiger partial charge is 0.423 e. The average Bonchev–Trinajstić information content (AvgIpc) is 2.58. The fourth-order valence-electron chi connectivity index (χ4n) is 1.57. The zero-order valence-electron chi connectivity index (χ0n) is 10.5. The monoisotopic (exact) mass is 218 g/mol. The first-order chi connectivity index (χ1) is 7.38. The molecule has 0 atom stereocenters. The molecule has 16 heavy (non-hydrogen) atoms. The van der Waals surface area contributed by atoms with Crippen molar-refractivity contribution < 1.29 is 4.42 Å². The Morgan fingerprint density at radius 1 is 1.19 bits per heavy atom. The lowest BCUT2D eigenvalue weighted by atomic mass is 9.87. The molecule has 3 nitrogen and oxygen atoms in total. The van der Waals surface area contributed by atoms with Crippen LogP contribution >= 0.6 is 0 Å². The van der Waals surface area contributed by atoms with E-state index in [0.717, 1.165) is 11.1 Å². The van der Waals surface area contributed by atoms with Gasteiger partial charge in [0.25, 0.3) is 6.01 Å². The zero-order chi connectivity index (χ0) is 11.9. The topological polar surface area (TPSA) is 29.3 Å². The summed E-state index contributed by atoms with van der Waals surface area (Å²) in [5, 5.41) is 0. The Labute approximate surface area is 96.1 Å². The Morgan fingerprint density at radius 3 is 2.44 bits per heavy atom. The Hall–Kier alpha value is -1.51. The SMILES string of the molecule is CN(C)c1nc2cc(C(C)(C)C)ccc2o1. The third-order valence-corrected chi connectivity index (χ3v) is 2.62. The van der Waals surface area contributed by atoms with Crippen molar-refractivity contribution in [2.24, 2.45) is 0 Å². The van der Waals surface area contributed by atoms with E-state index in [2.05, 4.69) is 37.9 Å². The molecule has 0 aliphatic heterocycles. The molecule has 3 heteroatoms. The lowest BCUT2D eigenvalue weighted by molar-refractivity contribution is 0.588. The first-order valence-corrected chi connectivity index (χ1v) is 5.46. The third kappa shape index (κ3) is 1.90. The molecule has 0 N–H and O–H groups in total. The second-order valence-electron chi connectivity index (χ2n) is 5.32. The van der Waals surface area contributed by atoms with E-state index in [1.54, 1.807) is 0 Å². The summed E-state index contributed by atoms with van der Waals surface area (Å²) in [4.78, 5) is 6.32. The van der Waals surface area contributed by atoms with Gasteiger partial charge in [-0.05, 0) is 23.1 Å². The van der Waals surface area contributed by atoms with Crippen LogP contribution in [0.1, 0.15) is 26.3 Å². The molecule has 2 aromatic rings. The van der Waals surface area contributed by atoms with Crippen molar-refractivity contribution in [3.05, 3.63) is 23.8 Å². The van der Waals surface area contributed by atoms with Gasteiger partial charge in [0.15, 0.2) is 5.58 Å².